The van der Waals surface area contributed by atoms with Gasteiger partial charge in [0.1, 0.15) is 23.9 Å². The molecule has 4 rings (SSSR count). The number of likely N-dealkylation sites (N-methyl/N-ethyl adjacent to an activating group) is 1. The number of aromatic hydroxyl groups is 1. The van der Waals surface area contributed by atoms with Gasteiger partial charge in [0, 0.05) is 70.7 Å². The van der Waals surface area contributed by atoms with Crippen LogP contribution in [-0.2, 0) is 27.3 Å². The first-order chi connectivity index (χ1) is 21.2. The highest BCUT2D eigenvalue weighted by molar-refractivity contribution is 5.88. The molecule has 2 saturated heterocycles. The molecule has 44 heavy (non-hydrogen) atoms. The number of aldehydes is 1. The van der Waals surface area contributed by atoms with Crippen LogP contribution in [0.25, 0.3) is 0 Å². The van der Waals surface area contributed by atoms with Crippen LogP contribution in [0.5, 0.6) is 5.75 Å². The Morgan fingerprint density at radius 1 is 1.18 bits per heavy atom. The average Bonchev–Trinajstić information content (AvgIpc) is 2.97. The van der Waals surface area contributed by atoms with Crippen LogP contribution in [0.1, 0.15) is 24.6 Å². The number of aromatic nitrogens is 1. The smallest absolute Gasteiger partial charge is 0.245 e. The molecule has 0 saturated carbocycles. The SMILES string of the molecule is C=CCN(N)CC(=O)N[C@@H](Cc1ccc(O)cc1)C(=O)N(CCC=O)Cc1cccc(N2CC(N3CCN(C)[C@H](C)C3)C2)n1. The molecule has 2 aliphatic rings. The van der Waals surface area contributed by atoms with Gasteiger partial charge in [-0.15, -0.1) is 6.58 Å². The third-order valence-corrected chi connectivity index (χ3v) is 8.39. The summed E-state index contributed by atoms with van der Waals surface area (Å²) in [5.74, 6) is 6.10. The number of rotatable bonds is 15. The molecule has 2 aliphatic heterocycles. The molecular weight excluding hydrogens is 560 g/mol. The van der Waals surface area contributed by atoms with Crippen LogP contribution in [-0.4, -0.2) is 125 Å². The molecule has 0 unspecified atom stereocenters. The quantitative estimate of drug-likeness (QED) is 0.114. The van der Waals surface area contributed by atoms with Gasteiger partial charge in [-0.2, -0.15) is 0 Å². The summed E-state index contributed by atoms with van der Waals surface area (Å²) in [6, 6.07) is 12.4. The van der Waals surface area contributed by atoms with Gasteiger partial charge < -0.3 is 29.9 Å². The van der Waals surface area contributed by atoms with Crippen LogP contribution in [0.3, 0.4) is 0 Å². The fraction of sp³-hybridized carbons (Fsp3) is 0.500. The van der Waals surface area contributed by atoms with E-state index in [4.69, 9.17) is 10.8 Å². The number of benzene rings is 1. The number of hydrogen-bond donors (Lipinski definition) is 3. The highest BCUT2D eigenvalue weighted by Gasteiger charge is 2.35. The average molecular weight is 607 g/mol. The molecule has 0 radical (unpaired) electrons. The van der Waals surface area contributed by atoms with Crippen molar-refractivity contribution in [2.75, 3.05) is 64.3 Å². The van der Waals surface area contributed by atoms with E-state index >= 15 is 0 Å². The zero-order chi connectivity index (χ0) is 31.6. The maximum Gasteiger partial charge on any atom is 0.245 e. The van der Waals surface area contributed by atoms with Crippen LogP contribution in [0, 0.1) is 0 Å². The topological polar surface area (TPSA) is 139 Å². The number of nitrogens with one attached hydrogen (secondary N) is 1. The maximum atomic E-state index is 14.0. The third-order valence-electron chi connectivity index (χ3n) is 8.39. The molecule has 2 aromatic rings. The number of piperazine rings is 1. The number of amides is 2. The second-order valence-electron chi connectivity index (χ2n) is 11.8. The molecular formula is C32H46N8O4. The number of anilines is 1. The summed E-state index contributed by atoms with van der Waals surface area (Å²) < 4.78 is 0. The van der Waals surface area contributed by atoms with Gasteiger partial charge in [0.15, 0.2) is 0 Å². The number of hydrogen-bond acceptors (Lipinski definition) is 10. The lowest BCUT2D eigenvalue weighted by Gasteiger charge is -2.49. The Kier molecular flexibility index (Phi) is 11.8. The Bertz CT molecular complexity index is 1270. The normalized spacial score (nSPS) is 18.5. The fourth-order valence-electron chi connectivity index (χ4n) is 5.63. The summed E-state index contributed by atoms with van der Waals surface area (Å²) in [5, 5.41) is 13.8. The second kappa shape index (κ2) is 15.8. The highest BCUT2D eigenvalue weighted by atomic mass is 16.3. The predicted molar refractivity (Wildman–Crippen MR) is 170 cm³/mol. The Hall–Kier alpha value is -3.84. The monoisotopic (exact) mass is 606 g/mol. The lowest BCUT2D eigenvalue weighted by atomic mass is 10.0. The molecule has 2 amide bonds. The van der Waals surface area contributed by atoms with Gasteiger partial charge in [-0.25, -0.2) is 9.99 Å². The molecule has 4 N–H and O–H groups in total. The van der Waals surface area contributed by atoms with Crippen LogP contribution in [0.2, 0.25) is 0 Å². The number of phenolic OH excluding ortho intramolecular Hbond substituents is 1. The summed E-state index contributed by atoms with van der Waals surface area (Å²) in [6.45, 7) is 11.5. The molecule has 238 valence electrons. The minimum absolute atomic E-state index is 0.106. The second-order valence-corrected chi connectivity index (χ2v) is 11.8. The zero-order valence-electron chi connectivity index (χ0n) is 25.8. The fourth-order valence-corrected chi connectivity index (χ4v) is 5.63. The highest BCUT2D eigenvalue weighted by Crippen LogP contribution is 2.24. The Morgan fingerprint density at radius 2 is 1.93 bits per heavy atom. The summed E-state index contributed by atoms with van der Waals surface area (Å²) in [5.41, 5.74) is 1.46. The van der Waals surface area contributed by atoms with Gasteiger partial charge in [0.25, 0.3) is 0 Å². The predicted octanol–water partition coefficient (Wildman–Crippen LogP) is 0.619. The molecule has 0 aliphatic carbocycles. The van der Waals surface area contributed by atoms with Crippen molar-refractivity contribution in [3.8, 4) is 5.75 Å². The van der Waals surface area contributed by atoms with E-state index < -0.39 is 11.9 Å². The number of nitrogens with two attached hydrogens (primary N) is 1. The van der Waals surface area contributed by atoms with Crippen molar-refractivity contribution >= 4 is 23.9 Å². The first-order valence-corrected chi connectivity index (χ1v) is 15.2. The molecule has 1 aromatic heterocycles. The number of carbonyl (C=O) groups excluding carboxylic acids is 3. The van der Waals surface area contributed by atoms with Gasteiger partial charge >= 0.3 is 0 Å². The molecule has 2 fully saturated rings. The lowest BCUT2D eigenvalue weighted by molar-refractivity contribution is -0.137. The van der Waals surface area contributed by atoms with Crippen LogP contribution in [0.15, 0.2) is 55.1 Å². The van der Waals surface area contributed by atoms with E-state index in [2.05, 4.69) is 40.6 Å². The van der Waals surface area contributed by atoms with E-state index in [1.54, 1.807) is 23.1 Å². The van der Waals surface area contributed by atoms with Gasteiger partial charge in [-0.05, 0) is 43.8 Å². The van der Waals surface area contributed by atoms with E-state index in [0.29, 0.717) is 24.3 Å². The standard InChI is InChI=1S/C32H46N8O4/c1-4-13-40(33)23-31(43)35-29(18-25-9-11-28(42)12-10-25)32(44)38(14-6-17-41)20-26-7-5-8-30(34-26)39-21-27(22-39)37-16-15-36(3)24(2)19-37/h4-5,7-12,17,24,27,29,42H,1,6,13-16,18-23,33H2,2-3H3,(H,35,43)/t24-,29+/m1/s1. The van der Waals surface area contributed by atoms with Crippen LogP contribution >= 0.6 is 0 Å². The van der Waals surface area contributed by atoms with Gasteiger partial charge in [0.2, 0.25) is 11.8 Å². The number of carbonyl (C=O) groups is 3. The minimum atomic E-state index is -0.916. The van der Waals surface area contributed by atoms with E-state index in [-0.39, 0.29) is 44.1 Å². The zero-order valence-corrected chi connectivity index (χ0v) is 25.8. The van der Waals surface area contributed by atoms with Crippen molar-refractivity contribution in [2.45, 2.75) is 44.4 Å². The summed E-state index contributed by atoms with van der Waals surface area (Å²) in [7, 11) is 2.18. The summed E-state index contributed by atoms with van der Waals surface area (Å²) in [6.07, 6.45) is 2.71. The third kappa shape index (κ3) is 9.08. The molecule has 3 heterocycles. The molecule has 2 atom stereocenters. The first-order valence-electron chi connectivity index (χ1n) is 15.2. The Morgan fingerprint density at radius 3 is 2.61 bits per heavy atom. The van der Waals surface area contributed by atoms with Crippen molar-refractivity contribution in [2.24, 2.45) is 5.84 Å². The van der Waals surface area contributed by atoms with Gasteiger partial charge in [-0.1, -0.05) is 24.3 Å². The van der Waals surface area contributed by atoms with E-state index in [1.807, 2.05) is 18.2 Å². The Balaban J connectivity index is 1.45. The van der Waals surface area contributed by atoms with Crippen molar-refractivity contribution in [1.29, 1.82) is 0 Å². The summed E-state index contributed by atoms with van der Waals surface area (Å²) in [4.78, 5) is 51.8. The summed E-state index contributed by atoms with van der Waals surface area (Å²) >= 11 is 0. The molecule has 12 heteroatoms. The van der Waals surface area contributed by atoms with Crippen molar-refractivity contribution < 1.29 is 19.5 Å². The minimum Gasteiger partial charge on any atom is -0.508 e. The van der Waals surface area contributed by atoms with Crippen molar-refractivity contribution in [3.05, 3.63) is 66.4 Å². The Labute approximate surface area is 260 Å². The molecule has 12 nitrogen and oxygen atoms in total. The molecule has 1 aromatic carbocycles. The van der Waals surface area contributed by atoms with E-state index in [9.17, 15) is 19.5 Å². The largest absolute Gasteiger partial charge is 0.508 e. The lowest BCUT2D eigenvalue weighted by Crippen LogP contribution is -2.64. The van der Waals surface area contributed by atoms with Crippen molar-refractivity contribution in [3.63, 3.8) is 0 Å². The van der Waals surface area contributed by atoms with Gasteiger partial charge in [0.05, 0.1) is 18.8 Å². The molecule has 0 bridgehead atoms. The number of nitrogens with zero attached hydrogens (tertiary/aromatic N) is 6. The first kappa shape index (κ1) is 33.1. The molecule has 0 spiro atoms. The van der Waals surface area contributed by atoms with Crippen LogP contribution < -0.4 is 16.1 Å². The van der Waals surface area contributed by atoms with E-state index in [0.717, 1.165) is 50.4 Å². The number of phenols is 1. The number of pyridine rings is 1. The van der Waals surface area contributed by atoms with Gasteiger partial charge in [-0.3, -0.25) is 20.3 Å². The maximum absolute atomic E-state index is 14.0. The van der Waals surface area contributed by atoms with Crippen molar-refractivity contribution in [1.82, 2.24) is 30.0 Å². The van der Waals surface area contributed by atoms with Crippen LogP contribution in [0.4, 0.5) is 5.82 Å². The van der Waals surface area contributed by atoms with E-state index in [1.165, 1.54) is 17.1 Å². The number of hydrazine groups is 1.